The average Bonchev–Trinajstić information content (AvgIpc) is 2.71. The number of fused-ring (bicyclic) bond motifs is 1. The maximum absolute atomic E-state index is 12.8. The van der Waals surface area contributed by atoms with Gasteiger partial charge in [-0.15, -0.1) is 0 Å². The van der Waals surface area contributed by atoms with Gasteiger partial charge in [0.25, 0.3) is 5.56 Å². The predicted octanol–water partition coefficient (Wildman–Crippen LogP) is 3.59. The SMILES string of the molecule is Cc1ccc(S(=O)(=O)c2cc3ccn(Cc4ccccc4)c(=O)c3cn2)cc1. The molecule has 0 aliphatic rings. The lowest BCUT2D eigenvalue weighted by Crippen LogP contribution is -2.20. The summed E-state index contributed by atoms with van der Waals surface area (Å²) in [5.74, 6) is 0. The number of hydrogen-bond donors (Lipinski definition) is 0. The minimum Gasteiger partial charge on any atom is -0.311 e. The average molecular weight is 390 g/mol. The smallest absolute Gasteiger partial charge is 0.260 e. The Balaban J connectivity index is 1.75. The molecule has 2 heterocycles. The molecule has 4 rings (SSSR count). The lowest BCUT2D eigenvalue weighted by atomic mass is 10.2. The highest BCUT2D eigenvalue weighted by atomic mass is 32.2. The van der Waals surface area contributed by atoms with E-state index in [1.807, 2.05) is 37.3 Å². The maximum atomic E-state index is 12.8. The van der Waals surface area contributed by atoms with Crippen LogP contribution in [0.3, 0.4) is 0 Å². The Hall–Kier alpha value is -3.25. The van der Waals surface area contributed by atoms with E-state index in [0.717, 1.165) is 11.1 Å². The van der Waals surface area contributed by atoms with E-state index in [2.05, 4.69) is 4.98 Å². The van der Waals surface area contributed by atoms with Crippen LogP contribution in [0.1, 0.15) is 11.1 Å². The fraction of sp³-hybridized carbons (Fsp3) is 0.0909. The molecule has 4 aromatic rings. The Morgan fingerprint density at radius 1 is 0.964 bits per heavy atom. The first-order valence-corrected chi connectivity index (χ1v) is 10.3. The zero-order chi connectivity index (χ0) is 19.7. The molecule has 5 nitrogen and oxygen atoms in total. The number of pyridine rings is 2. The second-order valence-electron chi connectivity index (χ2n) is 6.66. The molecule has 0 N–H and O–H groups in total. The van der Waals surface area contributed by atoms with Crippen molar-refractivity contribution in [2.75, 3.05) is 0 Å². The molecular formula is C22H18N2O3S. The Bertz CT molecular complexity index is 1310. The third-order valence-electron chi connectivity index (χ3n) is 4.64. The van der Waals surface area contributed by atoms with Gasteiger partial charge in [0.05, 0.1) is 16.8 Å². The quantitative estimate of drug-likeness (QED) is 0.534. The fourth-order valence-electron chi connectivity index (χ4n) is 3.05. The molecule has 0 bridgehead atoms. The lowest BCUT2D eigenvalue weighted by molar-refractivity contribution is 0.592. The van der Waals surface area contributed by atoms with Crippen LogP contribution in [-0.2, 0) is 16.4 Å². The van der Waals surface area contributed by atoms with Crippen molar-refractivity contribution < 1.29 is 8.42 Å². The van der Waals surface area contributed by atoms with Gasteiger partial charge in [0.1, 0.15) is 0 Å². The summed E-state index contributed by atoms with van der Waals surface area (Å²) in [7, 11) is -3.74. The summed E-state index contributed by atoms with van der Waals surface area (Å²) in [6.45, 7) is 2.34. The van der Waals surface area contributed by atoms with Crippen LogP contribution in [0.5, 0.6) is 0 Å². The number of aromatic nitrogens is 2. The number of hydrogen-bond acceptors (Lipinski definition) is 4. The number of nitrogens with zero attached hydrogens (tertiary/aromatic N) is 2. The van der Waals surface area contributed by atoms with Gasteiger partial charge in [-0.3, -0.25) is 4.79 Å². The molecule has 0 fully saturated rings. The summed E-state index contributed by atoms with van der Waals surface area (Å²) in [5.41, 5.74) is 1.79. The van der Waals surface area contributed by atoms with Crippen LogP contribution < -0.4 is 5.56 Å². The number of benzene rings is 2. The Morgan fingerprint density at radius 3 is 2.39 bits per heavy atom. The van der Waals surface area contributed by atoms with Crippen LogP contribution in [0, 0.1) is 6.92 Å². The maximum Gasteiger partial charge on any atom is 0.260 e. The van der Waals surface area contributed by atoms with E-state index >= 15 is 0 Å². The van der Waals surface area contributed by atoms with Crippen molar-refractivity contribution in [2.24, 2.45) is 0 Å². The first kappa shape index (κ1) is 18.1. The summed E-state index contributed by atoms with van der Waals surface area (Å²) in [5, 5.41) is 0.875. The third-order valence-corrected chi connectivity index (χ3v) is 6.31. The van der Waals surface area contributed by atoms with Crippen molar-refractivity contribution in [2.45, 2.75) is 23.4 Å². The highest BCUT2D eigenvalue weighted by Gasteiger charge is 2.20. The normalized spacial score (nSPS) is 11.6. The van der Waals surface area contributed by atoms with Crippen LogP contribution >= 0.6 is 0 Å². The van der Waals surface area contributed by atoms with E-state index < -0.39 is 9.84 Å². The molecule has 0 aliphatic heterocycles. The van der Waals surface area contributed by atoms with Gasteiger partial charge in [-0.1, -0.05) is 48.0 Å². The zero-order valence-electron chi connectivity index (χ0n) is 15.2. The molecule has 0 amide bonds. The van der Waals surface area contributed by atoms with Crippen LogP contribution in [0.2, 0.25) is 0 Å². The van der Waals surface area contributed by atoms with Gasteiger partial charge in [-0.2, -0.15) is 0 Å². The van der Waals surface area contributed by atoms with E-state index in [0.29, 0.717) is 17.3 Å². The van der Waals surface area contributed by atoms with E-state index in [9.17, 15) is 13.2 Å². The summed E-state index contributed by atoms with van der Waals surface area (Å²) < 4.78 is 27.3. The molecular weight excluding hydrogens is 372 g/mol. The van der Waals surface area contributed by atoms with Gasteiger partial charge in [0.15, 0.2) is 5.03 Å². The molecule has 0 aliphatic carbocycles. The zero-order valence-corrected chi connectivity index (χ0v) is 16.1. The number of sulfone groups is 1. The van der Waals surface area contributed by atoms with E-state index in [1.54, 1.807) is 41.1 Å². The van der Waals surface area contributed by atoms with E-state index in [1.165, 1.54) is 12.3 Å². The molecule has 28 heavy (non-hydrogen) atoms. The van der Waals surface area contributed by atoms with Crippen molar-refractivity contribution in [3.05, 3.63) is 101 Å². The van der Waals surface area contributed by atoms with Crippen LogP contribution in [0.4, 0.5) is 0 Å². The highest BCUT2D eigenvalue weighted by molar-refractivity contribution is 7.91. The Kier molecular flexibility index (Phi) is 4.57. The van der Waals surface area contributed by atoms with Crippen molar-refractivity contribution in [3.8, 4) is 0 Å². The van der Waals surface area contributed by atoms with Crippen LogP contribution in [0.15, 0.2) is 93.8 Å². The van der Waals surface area contributed by atoms with Crippen molar-refractivity contribution in [1.82, 2.24) is 9.55 Å². The minimum atomic E-state index is -3.74. The molecule has 140 valence electrons. The topological polar surface area (TPSA) is 69.0 Å². The summed E-state index contributed by atoms with van der Waals surface area (Å²) in [4.78, 5) is 17.0. The standard InChI is InChI=1S/C22H18N2O3S/c1-16-7-9-19(10-8-16)28(26,27)21-13-18-11-12-24(22(25)20(18)14-23-21)15-17-5-3-2-4-6-17/h2-14H,15H2,1H3. The van der Waals surface area contributed by atoms with Crippen LogP contribution in [-0.4, -0.2) is 18.0 Å². The van der Waals surface area contributed by atoms with E-state index in [-0.39, 0.29) is 15.5 Å². The van der Waals surface area contributed by atoms with Gasteiger partial charge in [-0.05, 0) is 42.1 Å². The molecule has 2 aromatic carbocycles. The van der Waals surface area contributed by atoms with Crippen molar-refractivity contribution in [1.29, 1.82) is 0 Å². The Morgan fingerprint density at radius 2 is 1.68 bits per heavy atom. The molecule has 6 heteroatoms. The monoisotopic (exact) mass is 390 g/mol. The minimum absolute atomic E-state index is 0.0657. The molecule has 0 saturated carbocycles. The summed E-state index contributed by atoms with van der Waals surface area (Å²) >= 11 is 0. The second-order valence-corrected chi connectivity index (χ2v) is 8.56. The largest absolute Gasteiger partial charge is 0.311 e. The van der Waals surface area contributed by atoms with Crippen molar-refractivity contribution in [3.63, 3.8) is 0 Å². The first-order valence-electron chi connectivity index (χ1n) is 8.80. The predicted molar refractivity (Wildman–Crippen MR) is 108 cm³/mol. The van der Waals surface area contributed by atoms with Crippen molar-refractivity contribution >= 4 is 20.6 Å². The van der Waals surface area contributed by atoms with Gasteiger partial charge in [0, 0.05) is 12.4 Å². The second kappa shape index (κ2) is 7.05. The molecule has 2 aromatic heterocycles. The van der Waals surface area contributed by atoms with Gasteiger partial charge in [-0.25, -0.2) is 13.4 Å². The number of rotatable bonds is 4. The highest BCUT2D eigenvalue weighted by Crippen LogP contribution is 2.22. The fourth-order valence-corrected chi connectivity index (χ4v) is 4.26. The molecule has 0 saturated heterocycles. The van der Waals surface area contributed by atoms with Gasteiger partial charge >= 0.3 is 0 Å². The molecule has 0 spiro atoms. The lowest BCUT2D eigenvalue weighted by Gasteiger charge is -2.09. The van der Waals surface area contributed by atoms with Crippen LogP contribution in [0.25, 0.3) is 10.8 Å². The third kappa shape index (κ3) is 3.34. The molecule has 0 atom stereocenters. The van der Waals surface area contributed by atoms with E-state index in [4.69, 9.17) is 0 Å². The molecule has 0 unspecified atom stereocenters. The van der Waals surface area contributed by atoms with Gasteiger partial charge < -0.3 is 4.57 Å². The first-order chi connectivity index (χ1) is 13.4. The van der Waals surface area contributed by atoms with Gasteiger partial charge in [0.2, 0.25) is 9.84 Å². The Labute approximate surface area is 162 Å². The number of aryl methyl sites for hydroxylation is 1. The summed E-state index contributed by atoms with van der Waals surface area (Å²) in [6.07, 6.45) is 3.03. The molecule has 0 radical (unpaired) electrons. The summed E-state index contributed by atoms with van der Waals surface area (Å²) in [6, 6.07) is 19.5.